The van der Waals surface area contributed by atoms with Gasteiger partial charge >= 0.3 is 0 Å². The quantitative estimate of drug-likeness (QED) is 0.897. The lowest BCUT2D eigenvalue weighted by Crippen LogP contribution is -2.44. The standard InChI is InChI=1S/C16H21NO3/c18-10-12-6-2-1-5-9-17(12)16(19)14-11-20-15-8-4-3-7-13(14)15/h3-4,7-8,12,14,18H,1-2,5-6,9-11H2. The molecule has 1 fully saturated rings. The molecule has 1 saturated heterocycles. The zero-order chi connectivity index (χ0) is 13.9. The summed E-state index contributed by atoms with van der Waals surface area (Å²) in [6.45, 7) is 1.23. The monoisotopic (exact) mass is 275 g/mol. The predicted octanol–water partition coefficient (Wildman–Crippen LogP) is 1.93. The van der Waals surface area contributed by atoms with Crippen molar-refractivity contribution in [1.82, 2.24) is 4.90 Å². The number of para-hydroxylation sites is 1. The van der Waals surface area contributed by atoms with E-state index < -0.39 is 0 Å². The molecule has 2 unspecified atom stereocenters. The van der Waals surface area contributed by atoms with Gasteiger partial charge in [0.05, 0.1) is 12.6 Å². The second-order valence-corrected chi connectivity index (χ2v) is 5.62. The first-order valence-corrected chi connectivity index (χ1v) is 7.44. The molecule has 1 aromatic carbocycles. The van der Waals surface area contributed by atoms with Crippen molar-refractivity contribution in [2.45, 2.75) is 37.6 Å². The number of likely N-dealkylation sites (tertiary alicyclic amines) is 1. The molecular formula is C16H21NO3. The van der Waals surface area contributed by atoms with Gasteiger partial charge in [0.15, 0.2) is 0 Å². The number of benzene rings is 1. The van der Waals surface area contributed by atoms with Crippen LogP contribution in [0, 0.1) is 0 Å². The van der Waals surface area contributed by atoms with E-state index >= 15 is 0 Å². The summed E-state index contributed by atoms with van der Waals surface area (Å²) in [5.74, 6) is 0.718. The van der Waals surface area contributed by atoms with E-state index in [4.69, 9.17) is 4.74 Å². The summed E-state index contributed by atoms with van der Waals surface area (Å²) in [4.78, 5) is 14.7. The minimum atomic E-state index is -0.210. The van der Waals surface area contributed by atoms with Gasteiger partial charge in [0.2, 0.25) is 5.91 Å². The van der Waals surface area contributed by atoms with Gasteiger partial charge < -0.3 is 14.7 Å². The van der Waals surface area contributed by atoms with Crippen LogP contribution in [-0.2, 0) is 4.79 Å². The van der Waals surface area contributed by atoms with Crippen molar-refractivity contribution >= 4 is 5.91 Å². The largest absolute Gasteiger partial charge is 0.492 e. The molecule has 3 rings (SSSR count). The topological polar surface area (TPSA) is 49.8 Å². The van der Waals surface area contributed by atoms with Crippen LogP contribution in [0.1, 0.15) is 37.2 Å². The Bertz CT molecular complexity index is 488. The molecule has 4 nitrogen and oxygen atoms in total. The maximum atomic E-state index is 12.8. The Kier molecular flexibility index (Phi) is 3.92. The molecule has 0 radical (unpaired) electrons. The highest BCUT2D eigenvalue weighted by atomic mass is 16.5. The zero-order valence-electron chi connectivity index (χ0n) is 11.6. The highest BCUT2D eigenvalue weighted by Crippen LogP contribution is 2.35. The molecule has 108 valence electrons. The lowest BCUT2D eigenvalue weighted by Gasteiger charge is -2.30. The van der Waals surface area contributed by atoms with Gasteiger partial charge in [-0.15, -0.1) is 0 Å². The number of rotatable bonds is 2. The highest BCUT2D eigenvalue weighted by molar-refractivity contribution is 5.86. The predicted molar refractivity (Wildman–Crippen MR) is 75.7 cm³/mol. The third kappa shape index (κ3) is 2.40. The maximum absolute atomic E-state index is 12.8. The van der Waals surface area contributed by atoms with Crippen LogP contribution in [0.3, 0.4) is 0 Å². The number of aliphatic hydroxyl groups excluding tert-OH is 1. The summed E-state index contributed by atoms with van der Waals surface area (Å²) in [5.41, 5.74) is 0.985. The highest BCUT2D eigenvalue weighted by Gasteiger charge is 2.35. The van der Waals surface area contributed by atoms with Crippen molar-refractivity contribution in [3.63, 3.8) is 0 Å². The molecule has 0 aliphatic carbocycles. The minimum absolute atomic E-state index is 0.0298. The fraction of sp³-hybridized carbons (Fsp3) is 0.562. The molecule has 1 N–H and O–H groups in total. The molecule has 2 atom stereocenters. The first-order chi connectivity index (χ1) is 9.81. The number of fused-ring (bicyclic) bond motifs is 1. The third-order valence-corrected chi connectivity index (χ3v) is 4.37. The first-order valence-electron chi connectivity index (χ1n) is 7.44. The van der Waals surface area contributed by atoms with E-state index in [0.29, 0.717) is 6.61 Å². The van der Waals surface area contributed by atoms with Gasteiger partial charge in [-0.2, -0.15) is 0 Å². The molecule has 1 aromatic rings. The smallest absolute Gasteiger partial charge is 0.234 e. The number of carbonyl (C=O) groups is 1. The molecule has 2 aliphatic heterocycles. The molecule has 0 aromatic heterocycles. The molecule has 0 spiro atoms. The van der Waals surface area contributed by atoms with Crippen molar-refractivity contribution in [3.8, 4) is 5.75 Å². The first kappa shape index (κ1) is 13.4. The third-order valence-electron chi connectivity index (χ3n) is 4.37. The van der Waals surface area contributed by atoms with Gasteiger partial charge in [-0.1, -0.05) is 31.0 Å². The molecule has 1 amide bonds. The summed E-state index contributed by atoms with van der Waals surface area (Å²) in [6, 6.07) is 7.72. The van der Waals surface area contributed by atoms with E-state index in [0.717, 1.165) is 43.5 Å². The number of nitrogens with zero attached hydrogens (tertiary/aromatic N) is 1. The van der Waals surface area contributed by atoms with Crippen LogP contribution in [0.2, 0.25) is 0 Å². The average molecular weight is 275 g/mol. The van der Waals surface area contributed by atoms with Gasteiger partial charge in [-0.3, -0.25) is 4.79 Å². The molecule has 4 heteroatoms. The Morgan fingerprint density at radius 3 is 3.00 bits per heavy atom. The second kappa shape index (κ2) is 5.83. The molecular weight excluding hydrogens is 254 g/mol. The lowest BCUT2D eigenvalue weighted by molar-refractivity contribution is -0.136. The van der Waals surface area contributed by atoms with Crippen molar-refractivity contribution in [3.05, 3.63) is 29.8 Å². The second-order valence-electron chi connectivity index (χ2n) is 5.62. The van der Waals surface area contributed by atoms with E-state index in [1.807, 2.05) is 29.2 Å². The maximum Gasteiger partial charge on any atom is 0.234 e. The van der Waals surface area contributed by atoms with Gasteiger partial charge in [0.1, 0.15) is 18.3 Å². The SMILES string of the molecule is O=C(C1COc2ccccc21)N1CCCCCC1CO. The fourth-order valence-electron chi connectivity index (χ4n) is 3.22. The van der Waals surface area contributed by atoms with Gasteiger partial charge in [-0.25, -0.2) is 0 Å². The number of amides is 1. The van der Waals surface area contributed by atoms with Crippen molar-refractivity contribution < 1.29 is 14.6 Å². The van der Waals surface area contributed by atoms with Gasteiger partial charge in [0, 0.05) is 12.1 Å². The lowest BCUT2D eigenvalue weighted by atomic mass is 9.98. The number of aliphatic hydroxyl groups is 1. The van der Waals surface area contributed by atoms with Gasteiger partial charge in [-0.05, 0) is 18.9 Å². The van der Waals surface area contributed by atoms with E-state index in [1.165, 1.54) is 0 Å². The summed E-state index contributed by atoms with van der Waals surface area (Å²) in [5, 5.41) is 9.55. The normalized spacial score (nSPS) is 25.8. The Hall–Kier alpha value is -1.55. The molecule has 2 heterocycles. The minimum Gasteiger partial charge on any atom is -0.492 e. The van der Waals surface area contributed by atoms with Crippen LogP contribution >= 0.6 is 0 Å². The van der Waals surface area contributed by atoms with Crippen LogP contribution < -0.4 is 4.74 Å². The Morgan fingerprint density at radius 2 is 2.15 bits per heavy atom. The van der Waals surface area contributed by atoms with Crippen LogP contribution in [0.15, 0.2) is 24.3 Å². The van der Waals surface area contributed by atoms with E-state index in [9.17, 15) is 9.90 Å². The van der Waals surface area contributed by atoms with E-state index in [1.54, 1.807) is 0 Å². The number of hydrogen-bond donors (Lipinski definition) is 1. The number of hydrogen-bond acceptors (Lipinski definition) is 3. The van der Waals surface area contributed by atoms with E-state index in [2.05, 4.69) is 0 Å². The zero-order valence-corrected chi connectivity index (χ0v) is 11.6. The van der Waals surface area contributed by atoms with Crippen molar-refractivity contribution in [2.24, 2.45) is 0 Å². The van der Waals surface area contributed by atoms with Crippen molar-refractivity contribution in [1.29, 1.82) is 0 Å². The molecule has 0 saturated carbocycles. The number of carbonyl (C=O) groups excluding carboxylic acids is 1. The van der Waals surface area contributed by atoms with Crippen LogP contribution in [-0.4, -0.2) is 41.7 Å². The Balaban J connectivity index is 1.81. The molecule has 20 heavy (non-hydrogen) atoms. The van der Waals surface area contributed by atoms with Crippen LogP contribution in [0.5, 0.6) is 5.75 Å². The summed E-state index contributed by atoms with van der Waals surface area (Å²) < 4.78 is 5.61. The molecule has 2 aliphatic rings. The van der Waals surface area contributed by atoms with Crippen LogP contribution in [0.25, 0.3) is 0 Å². The van der Waals surface area contributed by atoms with E-state index in [-0.39, 0.29) is 24.5 Å². The average Bonchev–Trinajstić information content (AvgIpc) is 2.76. The molecule has 0 bridgehead atoms. The summed E-state index contributed by atoms with van der Waals surface area (Å²) in [7, 11) is 0. The Labute approximate surface area is 119 Å². The van der Waals surface area contributed by atoms with Crippen LogP contribution in [0.4, 0.5) is 0 Å². The number of ether oxygens (including phenoxy) is 1. The Morgan fingerprint density at radius 1 is 1.30 bits per heavy atom. The van der Waals surface area contributed by atoms with Crippen molar-refractivity contribution in [2.75, 3.05) is 19.8 Å². The summed E-state index contributed by atoms with van der Waals surface area (Å²) >= 11 is 0. The fourth-order valence-corrected chi connectivity index (χ4v) is 3.22. The van der Waals surface area contributed by atoms with Gasteiger partial charge in [0.25, 0.3) is 0 Å². The summed E-state index contributed by atoms with van der Waals surface area (Å²) in [6.07, 6.45) is 4.15.